The van der Waals surface area contributed by atoms with Crippen molar-refractivity contribution in [2.45, 2.75) is 43.3 Å². The molecule has 4 rings (SSSR count). The molecular formula is C19H21ClN6O2S. The van der Waals surface area contributed by atoms with Crippen LogP contribution in [0, 0.1) is 0 Å². The lowest BCUT2D eigenvalue weighted by Crippen LogP contribution is -2.35. The Morgan fingerprint density at radius 1 is 1.34 bits per heavy atom. The molecule has 3 N–H and O–H groups in total. The van der Waals surface area contributed by atoms with E-state index < -0.39 is 0 Å². The summed E-state index contributed by atoms with van der Waals surface area (Å²) in [5.41, 5.74) is 7.61. The third kappa shape index (κ3) is 4.25. The number of hydrogen-bond acceptors (Lipinski definition) is 7. The standard InChI is InChI=1S/C19H21ClN6O2S/c1-29-19-15(18-23-17(25-28-18)11-6-8-12(20)9-7-11)16(21)26(24-19)10-14(27)22-13-4-2-3-5-13/h6-9,13H,2-5,10,21H2,1H3,(H,22,27). The summed E-state index contributed by atoms with van der Waals surface area (Å²) in [7, 11) is 0. The molecule has 3 aromatic rings. The van der Waals surface area contributed by atoms with Gasteiger partial charge in [0.15, 0.2) is 0 Å². The zero-order valence-electron chi connectivity index (χ0n) is 15.9. The van der Waals surface area contributed by atoms with E-state index in [1.54, 1.807) is 12.1 Å². The van der Waals surface area contributed by atoms with Gasteiger partial charge in [0.1, 0.15) is 23.0 Å². The third-order valence-electron chi connectivity index (χ3n) is 4.91. The summed E-state index contributed by atoms with van der Waals surface area (Å²) in [6.07, 6.45) is 6.24. The first kappa shape index (κ1) is 19.8. The van der Waals surface area contributed by atoms with Crippen LogP contribution in [-0.4, -0.2) is 38.1 Å². The Morgan fingerprint density at radius 2 is 2.07 bits per heavy atom. The van der Waals surface area contributed by atoms with Crippen molar-refractivity contribution >= 4 is 35.1 Å². The summed E-state index contributed by atoms with van der Waals surface area (Å²) in [6.45, 7) is 0.0497. The number of halogens is 1. The molecule has 0 bridgehead atoms. The molecule has 0 atom stereocenters. The predicted molar refractivity (Wildman–Crippen MR) is 113 cm³/mol. The first-order chi connectivity index (χ1) is 14.0. The number of carbonyl (C=O) groups is 1. The molecule has 1 fully saturated rings. The van der Waals surface area contributed by atoms with Crippen LogP contribution >= 0.6 is 23.4 Å². The molecule has 1 aliphatic carbocycles. The molecule has 8 nitrogen and oxygen atoms in total. The van der Waals surface area contributed by atoms with Crippen molar-refractivity contribution in [1.82, 2.24) is 25.2 Å². The molecule has 1 aliphatic rings. The fourth-order valence-corrected chi connectivity index (χ4v) is 4.14. The normalized spacial score (nSPS) is 14.4. The second-order valence-electron chi connectivity index (χ2n) is 6.91. The zero-order chi connectivity index (χ0) is 20.4. The van der Waals surface area contributed by atoms with Crippen molar-refractivity contribution < 1.29 is 9.32 Å². The number of aromatic nitrogens is 4. The smallest absolute Gasteiger partial charge is 0.264 e. The van der Waals surface area contributed by atoms with Gasteiger partial charge in [-0.1, -0.05) is 29.6 Å². The Bertz CT molecular complexity index is 1010. The quantitative estimate of drug-likeness (QED) is 0.572. The Hall–Kier alpha value is -2.52. The number of amides is 1. The monoisotopic (exact) mass is 432 g/mol. The predicted octanol–water partition coefficient (Wildman–Crippen LogP) is 3.62. The maximum Gasteiger partial charge on any atom is 0.264 e. The average Bonchev–Trinajstić information content (AvgIpc) is 3.44. The van der Waals surface area contributed by atoms with Gasteiger partial charge in [-0.05, 0) is 43.4 Å². The van der Waals surface area contributed by atoms with E-state index >= 15 is 0 Å². The maximum absolute atomic E-state index is 12.4. The Labute approximate surface area is 177 Å². The van der Waals surface area contributed by atoms with Crippen molar-refractivity contribution in [2.24, 2.45) is 0 Å². The number of carbonyl (C=O) groups excluding carboxylic acids is 1. The van der Waals surface area contributed by atoms with Gasteiger partial charge in [-0.2, -0.15) is 10.1 Å². The molecule has 1 saturated carbocycles. The van der Waals surface area contributed by atoms with Gasteiger partial charge in [0.05, 0.1) is 0 Å². The molecule has 0 aliphatic heterocycles. The van der Waals surface area contributed by atoms with Crippen molar-refractivity contribution in [2.75, 3.05) is 12.0 Å². The van der Waals surface area contributed by atoms with Gasteiger partial charge in [0.25, 0.3) is 5.89 Å². The SMILES string of the molecule is CSc1nn(CC(=O)NC2CCCC2)c(N)c1-c1nc(-c2ccc(Cl)cc2)no1. The van der Waals surface area contributed by atoms with Crippen LogP contribution in [0.5, 0.6) is 0 Å². The number of thioether (sulfide) groups is 1. The Kier molecular flexibility index (Phi) is 5.77. The van der Waals surface area contributed by atoms with Crippen LogP contribution in [0.1, 0.15) is 25.7 Å². The summed E-state index contributed by atoms with van der Waals surface area (Å²) >= 11 is 7.33. The summed E-state index contributed by atoms with van der Waals surface area (Å²) in [6, 6.07) is 7.39. The molecule has 2 aromatic heterocycles. The van der Waals surface area contributed by atoms with Gasteiger partial charge >= 0.3 is 0 Å². The van der Waals surface area contributed by atoms with Crippen LogP contribution in [-0.2, 0) is 11.3 Å². The van der Waals surface area contributed by atoms with Gasteiger partial charge in [-0.15, -0.1) is 11.8 Å². The number of anilines is 1. The largest absolute Gasteiger partial charge is 0.383 e. The molecule has 0 radical (unpaired) electrons. The van der Waals surface area contributed by atoms with E-state index in [4.69, 9.17) is 21.9 Å². The molecule has 2 heterocycles. The van der Waals surface area contributed by atoms with Gasteiger partial charge in [0, 0.05) is 16.6 Å². The zero-order valence-corrected chi connectivity index (χ0v) is 17.5. The van der Waals surface area contributed by atoms with Crippen LogP contribution in [0.15, 0.2) is 33.8 Å². The van der Waals surface area contributed by atoms with E-state index in [0.717, 1.165) is 31.2 Å². The number of rotatable bonds is 6. The lowest BCUT2D eigenvalue weighted by molar-refractivity contribution is -0.122. The van der Waals surface area contributed by atoms with Crippen molar-refractivity contribution in [3.63, 3.8) is 0 Å². The molecule has 152 valence electrons. The summed E-state index contributed by atoms with van der Waals surface area (Å²) in [5, 5.41) is 12.8. The van der Waals surface area contributed by atoms with E-state index in [0.29, 0.717) is 27.3 Å². The number of nitrogen functional groups attached to an aromatic ring is 1. The van der Waals surface area contributed by atoms with Crippen LogP contribution < -0.4 is 11.1 Å². The second kappa shape index (κ2) is 8.46. The maximum atomic E-state index is 12.4. The van der Waals surface area contributed by atoms with E-state index in [9.17, 15) is 4.79 Å². The highest BCUT2D eigenvalue weighted by molar-refractivity contribution is 7.98. The summed E-state index contributed by atoms with van der Waals surface area (Å²) in [5.74, 6) is 0.911. The lowest BCUT2D eigenvalue weighted by atomic mass is 10.2. The molecular weight excluding hydrogens is 412 g/mol. The molecule has 0 spiro atoms. The van der Waals surface area contributed by atoms with Gasteiger partial charge in [-0.25, -0.2) is 4.68 Å². The number of nitrogens with two attached hydrogens (primary N) is 1. The number of nitrogens with zero attached hydrogens (tertiary/aromatic N) is 4. The Morgan fingerprint density at radius 3 is 2.76 bits per heavy atom. The van der Waals surface area contributed by atoms with Crippen molar-refractivity contribution in [3.05, 3.63) is 29.3 Å². The Balaban J connectivity index is 1.57. The summed E-state index contributed by atoms with van der Waals surface area (Å²) in [4.78, 5) is 16.8. The van der Waals surface area contributed by atoms with Crippen molar-refractivity contribution in [3.8, 4) is 22.8 Å². The van der Waals surface area contributed by atoms with Gasteiger partial charge < -0.3 is 15.6 Å². The highest BCUT2D eigenvalue weighted by Gasteiger charge is 2.24. The van der Waals surface area contributed by atoms with E-state index in [1.165, 1.54) is 16.4 Å². The van der Waals surface area contributed by atoms with E-state index in [-0.39, 0.29) is 24.4 Å². The lowest BCUT2D eigenvalue weighted by Gasteiger charge is -2.12. The first-order valence-electron chi connectivity index (χ1n) is 9.35. The van der Waals surface area contributed by atoms with Crippen molar-refractivity contribution in [1.29, 1.82) is 0 Å². The highest BCUT2D eigenvalue weighted by atomic mass is 35.5. The molecule has 0 unspecified atom stereocenters. The molecule has 10 heteroatoms. The molecule has 0 saturated heterocycles. The van der Waals surface area contributed by atoms with Crippen LogP contribution in [0.4, 0.5) is 5.82 Å². The number of nitrogens with one attached hydrogen (secondary N) is 1. The molecule has 29 heavy (non-hydrogen) atoms. The van der Waals surface area contributed by atoms with Gasteiger partial charge in [-0.3, -0.25) is 4.79 Å². The van der Waals surface area contributed by atoms with E-state index in [1.807, 2.05) is 18.4 Å². The van der Waals surface area contributed by atoms with E-state index in [2.05, 4.69) is 20.6 Å². The summed E-state index contributed by atoms with van der Waals surface area (Å²) < 4.78 is 6.93. The topological polar surface area (TPSA) is 112 Å². The third-order valence-corrected chi connectivity index (χ3v) is 5.83. The van der Waals surface area contributed by atoms with Crippen LogP contribution in [0.25, 0.3) is 22.8 Å². The minimum Gasteiger partial charge on any atom is -0.383 e. The number of hydrogen-bond donors (Lipinski definition) is 2. The minimum atomic E-state index is -0.0994. The number of benzene rings is 1. The first-order valence-corrected chi connectivity index (χ1v) is 10.9. The fraction of sp³-hybridized carbons (Fsp3) is 0.368. The van der Waals surface area contributed by atoms with Crippen LogP contribution in [0.2, 0.25) is 5.02 Å². The van der Waals surface area contributed by atoms with Gasteiger partial charge in [0.2, 0.25) is 11.7 Å². The highest BCUT2D eigenvalue weighted by Crippen LogP contribution is 2.35. The minimum absolute atomic E-state index is 0.0497. The second-order valence-corrected chi connectivity index (χ2v) is 8.14. The van der Waals surface area contributed by atoms with Crippen LogP contribution in [0.3, 0.4) is 0 Å². The average molecular weight is 433 g/mol. The molecule has 1 amide bonds. The molecule has 1 aromatic carbocycles. The fourth-order valence-electron chi connectivity index (χ4n) is 3.44.